The van der Waals surface area contributed by atoms with E-state index in [0.717, 1.165) is 16.9 Å². The lowest BCUT2D eigenvalue weighted by molar-refractivity contribution is 0.306. The molecule has 0 radical (unpaired) electrons. The van der Waals surface area contributed by atoms with Crippen LogP contribution >= 0.6 is 0 Å². The summed E-state index contributed by atoms with van der Waals surface area (Å²) >= 11 is 0. The molecule has 2 heterocycles. The number of hydrogen-bond acceptors (Lipinski definition) is 5. The Morgan fingerprint density at radius 2 is 2.11 bits per heavy atom. The number of methoxy groups -OCH3 is 1. The van der Waals surface area contributed by atoms with Gasteiger partial charge in [0.2, 0.25) is 11.6 Å². The molecule has 0 bridgehead atoms. The molecule has 0 atom stereocenters. The van der Waals surface area contributed by atoms with E-state index in [0.29, 0.717) is 29.5 Å². The van der Waals surface area contributed by atoms with Crippen LogP contribution in [0.1, 0.15) is 19.7 Å². The number of fused-ring (bicyclic) bond motifs is 1. The molecular weight excluding hydrogens is 340 g/mol. The van der Waals surface area contributed by atoms with Crippen molar-refractivity contribution >= 4 is 16.8 Å². The molecule has 0 spiro atoms. The van der Waals surface area contributed by atoms with Gasteiger partial charge in [0, 0.05) is 11.6 Å². The van der Waals surface area contributed by atoms with E-state index in [1.807, 2.05) is 50.3 Å². The third-order valence-corrected chi connectivity index (χ3v) is 3.59. The normalized spacial score (nSPS) is 12.9. The topological polar surface area (TPSA) is 57.4 Å². The Kier molecular flexibility index (Phi) is 7.37. The van der Waals surface area contributed by atoms with Gasteiger partial charge in [-0.05, 0) is 37.6 Å². The van der Waals surface area contributed by atoms with E-state index in [9.17, 15) is 0 Å². The van der Waals surface area contributed by atoms with Gasteiger partial charge in [0.05, 0.1) is 13.3 Å². The van der Waals surface area contributed by atoms with Crippen LogP contribution < -0.4 is 4.74 Å². The average molecular weight is 364 g/mol. The highest BCUT2D eigenvalue weighted by Crippen LogP contribution is 2.23. The molecule has 2 rings (SSSR count). The number of ether oxygens (including phenoxy) is 2. The molecule has 0 unspecified atom stereocenters. The fraction of sp³-hybridized carbons (Fsp3) is 0.182. The van der Waals surface area contributed by atoms with Gasteiger partial charge in [0.25, 0.3) is 0 Å². The van der Waals surface area contributed by atoms with Crippen LogP contribution in [0, 0.1) is 0 Å². The zero-order chi connectivity index (χ0) is 19.6. The van der Waals surface area contributed by atoms with Gasteiger partial charge in [-0.3, -0.25) is 0 Å². The fourth-order valence-electron chi connectivity index (χ4n) is 2.14. The summed E-state index contributed by atoms with van der Waals surface area (Å²) in [6, 6.07) is 1.79. The first-order valence-corrected chi connectivity index (χ1v) is 8.52. The van der Waals surface area contributed by atoms with Crippen LogP contribution in [0.5, 0.6) is 5.75 Å². The van der Waals surface area contributed by atoms with E-state index >= 15 is 0 Å². The molecule has 5 nitrogen and oxygen atoms in total. The third-order valence-electron chi connectivity index (χ3n) is 3.59. The molecule has 0 aliphatic heterocycles. The monoisotopic (exact) mass is 364 g/mol. The minimum atomic E-state index is 0.328. The van der Waals surface area contributed by atoms with Gasteiger partial charge in [0.1, 0.15) is 23.6 Å². The quantitative estimate of drug-likeness (QED) is 0.440. The lowest BCUT2D eigenvalue weighted by Gasteiger charge is -2.05. The summed E-state index contributed by atoms with van der Waals surface area (Å²) in [6.45, 7) is 11.9. The number of aromatic nitrogens is 2. The number of rotatable bonds is 9. The second kappa shape index (κ2) is 9.97. The molecule has 0 amide bonds. The molecule has 0 aromatic carbocycles. The van der Waals surface area contributed by atoms with Crippen LogP contribution in [0.2, 0.25) is 0 Å². The first kappa shape index (κ1) is 20.0. The third kappa shape index (κ3) is 5.57. The Morgan fingerprint density at radius 3 is 2.78 bits per heavy atom. The molecule has 5 heteroatoms. The minimum absolute atomic E-state index is 0.328. The molecule has 0 N–H and O–H groups in total. The second-order valence-electron chi connectivity index (χ2n) is 5.54. The Bertz CT molecular complexity index is 930. The Balaban J connectivity index is 2.10. The van der Waals surface area contributed by atoms with Gasteiger partial charge in [0.15, 0.2) is 0 Å². The smallest absolute Gasteiger partial charge is 0.247 e. The number of oxazole rings is 1. The van der Waals surface area contributed by atoms with E-state index in [4.69, 9.17) is 13.9 Å². The SMILES string of the molecule is C=C/C(=C\C=C/C)c1nc2cc(OCC(=C)/C=C\C(=C/C)OC)cnc2o1. The van der Waals surface area contributed by atoms with Crippen molar-refractivity contribution in [3.63, 3.8) is 0 Å². The number of allylic oxidation sites excluding steroid dienone is 7. The molecule has 0 aliphatic rings. The summed E-state index contributed by atoms with van der Waals surface area (Å²) in [5.41, 5.74) is 2.65. The Hall–Kier alpha value is -3.34. The van der Waals surface area contributed by atoms with Crippen molar-refractivity contribution in [1.29, 1.82) is 0 Å². The zero-order valence-corrected chi connectivity index (χ0v) is 15.9. The molecule has 0 saturated carbocycles. The zero-order valence-electron chi connectivity index (χ0n) is 15.9. The largest absolute Gasteiger partial charge is 0.497 e. The highest BCUT2D eigenvalue weighted by atomic mass is 16.5. The van der Waals surface area contributed by atoms with Gasteiger partial charge in [-0.25, -0.2) is 9.97 Å². The van der Waals surface area contributed by atoms with E-state index in [-0.39, 0.29) is 0 Å². The van der Waals surface area contributed by atoms with Crippen LogP contribution in [-0.4, -0.2) is 23.7 Å². The molecular formula is C22H24N2O3. The molecule has 0 fully saturated rings. The van der Waals surface area contributed by atoms with Gasteiger partial charge in [-0.15, -0.1) is 0 Å². The van der Waals surface area contributed by atoms with Crippen molar-refractivity contribution in [1.82, 2.24) is 9.97 Å². The maximum absolute atomic E-state index is 5.74. The standard InChI is InChI=1S/C22H24N2O3/c1-6-9-10-17(7-2)21-24-20-13-19(14-23-22(20)27-21)26-15-16(4)11-12-18(8-3)25-5/h6-14H,2,4,15H2,1,3,5H3/b9-6-,12-11-,17-10+,18-8+. The van der Waals surface area contributed by atoms with Crippen molar-refractivity contribution in [3.05, 3.63) is 85.2 Å². The van der Waals surface area contributed by atoms with Crippen LogP contribution in [0.4, 0.5) is 0 Å². The summed E-state index contributed by atoms with van der Waals surface area (Å²) in [4.78, 5) is 8.73. The molecule has 27 heavy (non-hydrogen) atoms. The van der Waals surface area contributed by atoms with Gasteiger partial charge >= 0.3 is 0 Å². The minimum Gasteiger partial charge on any atom is -0.497 e. The van der Waals surface area contributed by atoms with E-state index < -0.39 is 0 Å². The van der Waals surface area contributed by atoms with Gasteiger partial charge in [-0.2, -0.15) is 0 Å². The summed E-state index contributed by atoms with van der Waals surface area (Å²) < 4.78 is 16.6. The first-order chi connectivity index (χ1) is 13.1. The van der Waals surface area contributed by atoms with E-state index in [1.54, 1.807) is 25.4 Å². The summed E-state index contributed by atoms with van der Waals surface area (Å²) in [6.07, 6.45) is 14.5. The van der Waals surface area contributed by atoms with Crippen molar-refractivity contribution in [2.24, 2.45) is 0 Å². The Labute approximate surface area is 159 Å². The van der Waals surface area contributed by atoms with E-state index in [2.05, 4.69) is 23.1 Å². The lowest BCUT2D eigenvalue weighted by atomic mass is 10.2. The van der Waals surface area contributed by atoms with Crippen molar-refractivity contribution in [2.45, 2.75) is 13.8 Å². The van der Waals surface area contributed by atoms with Crippen LogP contribution in [0.25, 0.3) is 16.8 Å². The average Bonchev–Trinajstić information content (AvgIpc) is 3.10. The molecule has 140 valence electrons. The highest BCUT2D eigenvalue weighted by Gasteiger charge is 2.10. The van der Waals surface area contributed by atoms with Crippen LogP contribution in [0.15, 0.2) is 83.7 Å². The molecule has 2 aromatic heterocycles. The second-order valence-corrected chi connectivity index (χ2v) is 5.54. The Morgan fingerprint density at radius 1 is 1.30 bits per heavy atom. The van der Waals surface area contributed by atoms with Crippen LogP contribution in [-0.2, 0) is 4.74 Å². The summed E-state index contributed by atoms with van der Waals surface area (Å²) in [5, 5.41) is 0. The fourth-order valence-corrected chi connectivity index (χ4v) is 2.14. The van der Waals surface area contributed by atoms with Gasteiger partial charge < -0.3 is 13.9 Å². The maximum Gasteiger partial charge on any atom is 0.247 e. The van der Waals surface area contributed by atoms with Crippen molar-refractivity contribution in [3.8, 4) is 5.75 Å². The molecule has 0 aliphatic carbocycles. The number of hydrogen-bond donors (Lipinski definition) is 0. The van der Waals surface area contributed by atoms with Crippen molar-refractivity contribution in [2.75, 3.05) is 13.7 Å². The molecule has 0 saturated heterocycles. The lowest BCUT2D eigenvalue weighted by Crippen LogP contribution is -1.99. The maximum atomic E-state index is 5.74. The number of nitrogens with zero attached hydrogens (tertiary/aromatic N) is 2. The summed E-state index contributed by atoms with van der Waals surface area (Å²) in [5.74, 6) is 1.82. The van der Waals surface area contributed by atoms with E-state index in [1.165, 1.54) is 0 Å². The predicted octanol–water partition coefficient (Wildman–Crippen LogP) is 5.41. The van der Waals surface area contributed by atoms with Crippen molar-refractivity contribution < 1.29 is 13.9 Å². The first-order valence-electron chi connectivity index (χ1n) is 8.52. The predicted molar refractivity (Wildman–Crippen MR) is 109 cm³/mol. The summed E-state index contributed by atoms with van der Waals surface area (Å²) in [7, 11) is 1.62. The molecule has 2 aromatic rings. The van der Waals surface area contributed by atoms with Gasteiger partial charge in [-0.1, -0.05) is 37.5 Å². The van der Waals surface area contributed by atoms with Crippen LogP contribution in [0.3, 0.4) is 0 Å². The highest BCUT2D eigenvalue weighted by molar-refractivity contribution is 5.77. The number of pyridine rings is 1.